The number of anilines is 1. The van der Waals surface area contributed by atoms with Gasteiger partial charge >= 0.3 is 0 Å². The molecule has 1 amide bonds. The first-order chi connectivity index (χ1) is 12.5. The zero-order chi connectivity index (χ0) is 18.7. The molecule has 1 heterocycles. The van der Waals surface area contributed by atoms with Gasteiger partial charge in [0.15, 0.2) is 0 Å². The highest BCUT2D eigenvalue weighted by Gasteiger charge is 2.17. The van der Waals surface area contributed by atoms with Gasteiger partial charge in [-0.05, 0) is 43.3 Å². The number of ether oxygens (including phenoxy) is 2. The predicted octanol–water partition coefficient (Wildman–Crippen LogP) is 3.50. The third-order valence-corrected chi connectivity index (χ3v) is 3.95. The minimum atomic E-state index is -0.452. The number of benzene rings is 2. The van der Waals surface area contributed by atoms with Crippen LogP contribution in [0, 0.1) is 6.92 Å². The van der Waals surface area contributed by atoms with Crippen LogP contribution in [0.5, 0.6) is 11.5 Å². The molecule has 0 atom stereocenters. The maximum atomic E-state index is 12.6. The van der Waals surface area contributed by atoms with Crippen molar-refractivity contribution >= 4 is 23.2 Å². The lowest BCUT2D eigenvalue weighted by atomic mass is 10.2. The number of nitrogens with zero attached hydrogens (tertiary/aromatic N) is 3. The van der Waals surface area contributed by atoms with Gasteiger partial charge in [0.05, 0.1) is 25.6 Å². The van der Waals surface area contributed by atoms with Gasteiger partial charge in [-0.1, -0.05) is 11.6 Å². The third kappa shape index (κ3) is 3.62. The molecule has 8 heteroatoms. The fourth-order valence-corrected chi connectivity index (χ4v) is 2.53. The summed E-state index contributed by atoms with van der Waals surface area (Å²) in [4.78, 5) is 16.8. The first-order valence-corrected chi connectivity index (χ1v) is 8.12. The summed E-state index contributed by atoms with van der Waals surface area (Å²) in [5.74, 6) is 1.27. The Morgan fingerprint density at radius 2 is 1.85 bits per heavy atom. The molecule has 0 unspecified atom stereocenters. The van der Waals surface area contributed by atoms with Gasteiger partial charge in [0.1, 0.15) is 17.3 Å². The molecule has 3 aromatic rings. The zero-order valence-corrected chi connectivity index (χ0v) is 15.2. The quantitative estimate of drug-likeness (QED) is 0.741. The fraction of sp³-hybridized carbons (Fsp3) is 0.167. The number of nitrogens with one attached hydrogen (secondary N) is 1. The van der Waals surface area contributed by atoms with Crippen molar-refractivity contribution in [3.05, 3.63) is 59.1 Å². The van der Waals surface area contributed by atoms with Crippen molar-refractivity contribution in [2.24, 2.45) is 0 Å². The number of aryl methyl sites for hydroxylation is 1. The average molecular weight is 373 g/mol. The number of hydrogen-bond donors (Lipinski definition) is 1. The third-order valence-electron chi connectivity index (χ3n) is 3.70. The molecule has 3 rings (SSSR count). The summed E-state index contributed by atoms with van der Waals surface area (Å²) in [5, 5.41) is 7.65. The predicted molar refractivity (Wildman–Crippen MR) is 98.6 cm³/mol. The lowest BCUT2D eigenvalue weighted by Crippen LogP contribution is -2.15. The van der Waals surface area contributed by atoms with Crippen LogP contribution >= 0.6 is 11.6 Å². The van der Waals surface area contributed by atoms with Crippen molar-refractivity contribution in [1.82, 2.24) is 14.8 Å². The molecule has 2 aromatic carbocycles. The number of carbonyl (C=O) groups excluding carboxylic acids is 1. The standard InChI is InChI=1S/C18H17ClN4O3/c1-11-20-17(22-23(11)13-6-4-12(19)5-7-13)18(24)21-15-10-14(25-2)8-9-16(15)26-3/h4-10H,1-3H3,(H,21,24). The van der Waals surface area contributed by atoms with Gasteiger partial charge in [-0.25, -0.2) is 9.67 Å². The molecule has 0 aliphatic rings. The van der Waals surface area contributed by atoms with Crippen molar-refractivity contribution < 1.29 is 14.3 Å². The molecule has 7 nitrogen and oxygen atoms in total. The van der Waals surface area contributed by atoms with E-state index in [9.17, 15) is 4.79 Å². The lowest BCUT2D eigenvalue weighted by molar-refractivity contribution is 0.101. The molecule has 0 saturated heterocycles. The number of halogens is 1. The molecule has 0 radical (unpaired) electrons. The molecule has 0 aliphatic heterocycles. The maximum Gasteiger partial charge on any atom is 0.295 e. The highest BCUT2D eigenvalue weighted by molar-refractivity contribution is 6.30. The van der Waals surface area contributed by atoms with Gasteiger partial charge < -0.3 is 14.8 Å². The second-order valence-corrected chi connectivity index (χ2v) is 5.83. The minimum Gasteiger partial charge on any atom is -0.497 e. The second kappa shape index (κ2) is 7.45. The van der Waals surface area contributed by atoms with E-state index in [2.05, 4.69) is 15.4 Å². The van der Waals surface area contributed by atoms with Gasteiger partial charge in [-0.15, -0.1) is 5.10 Å². The lowest BCUT2D eigenvalue weighted by Gasteiger charge is -2.10. The molecule has 134 valence electrons. The van der Waals surface area contributed by atoms with E-state index >= 15 is 0 Å². The van der Waals surface area contributed by atoms with Crippen LogP contribution in [0.15, 0.2) is 42.5 Å². The molecule has 0 aliphatic carbocycles. The largest absolute Gasteiger partial charge is 0.497 e. The Bertz CT molecular complexity index is 938. The Kier molecular flexibility index (Phi) is 5.09. The zero-order valence-electron chi connectivity index (χ0n) is 14.5. The number of carbonyl (C=O) groups is 1. The number of amides is 1. The van der Waals surface area contributed by atoms with Crippen LogP contribution in [0.2, 0.25) is 5.02 Å². The van der Waals surface area contributed by atoms with Crippen LogP contribution in [-0.4, -0.2) is 34.9 Å². The van der Waals surface area contributed by atoms with Crippen molar-refractivity contribution in [1.29, 1.82) is 0 Å². The fourth-order valence-electron chi connectivity index (χ4n) is 2.40. The molecule has 26 heavy (non-hydrogen) atoms. The summed E-state index contributed by atoms with van der Waals surface area (Å²) in [6, 6.07) is 12.2. The number of aromatic nitrogens is 3. The molecule has 1 N–H and O–H groups in total. The van der Waals surface area contributed by atoms with Crippen LogP contribution < -0.4 is 14.8 Å². The molecule has 1 aromatic heterocycles. The van der Waals surface area contributed by atoms with Gasteiger partial charge in [0.25, 0.3) is 5.91 Å². The monoisotopic (exact) mass is 372 g/mol. The topological polar surface area (TPSA) is 78.3 Å². The van der Waals surface area contributed by atoms with E-state index in [4.69, 9.17) is 21.1 Å². The van der Waals surface area contributed by atoms with Crippen LogP contribution in [0.4, 0.5) is 5.69 Å². The van der Waals surface area contributed by atoms with Gasteiger partial charge in [-0.3, -0.25) is 4.79 Å². The van der Waals surface area contributed by atoms with E-state index in [0.29, 0.717) is 28.0 Å². The first kappa shape index (κ1) is 17.8. The van der Waals surface area contributed by atoms with Crippen LogP contribution in [0.3, 0.4) is 0 Å². The second-order valence-electron chi connectivity index (χ2n) is 5.39. The number of methoxy groups -OCH3 is 2. The van der Waals surface area contributed by atoms with E-state index in [-0.39, 0.29) is 5.82 Å². The smallest absolute Gasteiger partial charge is 0.295 e. The van der Waals surface area contributed by atoms with Crippen molar-refractivity contribution in [3.8, 4) is 17.2 Å². The van der Waals surface area contributed by atoms with Crippen molar-refractivity contribution in [3.63, 3.8) is 0 Å². The average Bonchev–Trinajstić information content (AvgIpc) is 3.04. The Morgan fingerprint density at radius 3 is 2.50 bits per heavy atom. The molecule has 0 spiro atoms. The van der Waals surface area contributed by atoms with E-state index < -0.39 is 5.91 Å². The summed E-state index contributed by atoms with van der Waals surface area (Å²) in [7, 11) is 3.07. The van der Waals surface area contributed by atoms with Crippen LogP contribution in [0.25, 0.3) is 5.69 Å². The Hall–Kier alpha value is -3.06. The molecular weight excluding hydrogens is 356 g/mol. The Balaban J connectivity index is 1.87. The SMILES string of the molecule is COc1ccc(OC)c(NC(=O)c2nc(C)n(-c3ccc(Cl)cc3)n2)c1. The summed E-state index contributed by atoms with van der Waals surface area (Å²) in [6.07, 6.45) is 0. The highest BCUT2D eigenvalue weighted by atomic mass is 35.5. The molecule has 0 saturated carbocycles. The van der Waals surface area contributed by atoms with Crippen molar-refractivity contribution in [2.75, 3.05) is 19.5 Å². The van der Waals surface area contributed by atoms with E-state index in [1.165, 1.54) is 7.11 Å². The van der Waals surface area contributed by atoms with Gasteiger partial charge in [-0.2, -0.15) is 0 Å². The van der Waals surface area contributed by atoms with Crippen LogP contribution in [-0.2, 0) is 0 Å². The number of hydrogen-bond acceptors (Lipinski definition) is 5. The normalized spacial score (nSPS) is 10.5. The summed E-state index contributed by atoms with van der Waals surface area (Å²) < 4.78 is 12.0. The summed E-state index contributed by atoms with van der Waals surface area (Å²) in [6.45, 7) is 1.77. The molecule has 0 fully saturated rings. The molecular formula is C18H17ClN4O3. The summed E-state index contributed by atoms with van der Waals surface area (Å²) in [5.41, 5.74) is 1.23. The van der Waals surface area contributed by atoms with Gasteiger partial charge in [0.2, 0.25) is 5.82 Å². The van der Waals surface area contributed by atoms with E-state index in [1.807, 2.05) is 0 Å². The van der Waals surface area contributed by atoms with Crippen LogP contribution in [0.1, 0.15) is 16.4 Å². The first-order valence-electron chi connectivity index (χ1n) is 7.75. The number of rotatable bonds is 5. The highest BCUT2D eigenvalue weighted by Crippen LogP contribution is 2.29. The minimum absolute atomic E-state index is 0.0438. The Morgan fingerprint density at radius 1 is 1.12 bits per heavy atom. The maximum absolute atomic E-state index is 12.6. The van der Waals surface area contributed by atoms with E-state index in [0.717, 1.165) is 5.69 Å². The van der Waals surface area contributed by atoms with Crippen molar-refractivity contribution in [2.45, 2.75) is 6.92 Å². The summed E-state index contributed by atoms with van der Waals surface area (Å²) >= 11 is 5.91. The molecule has 0 bridgehead atoms. The Labute approximate surface area is 155 Å². The van der Waals surface area contributed by atoms with E-state index in [1.54, 1.807) is 61.2 Å². The van der Waals surface area contributed by atoms with Gasteiger partial charge in [0, 0.05) is 11.1 Å².